The van der Waals surface area contributed by atoms with Gasteiger partial charge in [0.05, 0.1) is 11.4 Å². The van der Waals surface area contributed by atoms with E-state index >= 15 is 0 Å². The Hall–Kier alpha value is -6.75. The molecule has 7 aromatic carbocycles. The topological polar surface area (TPSA) is 38.7 Å². The van der Waals surface area contributed by atoms with Crippen molar-refractivity contribution in [2.45, 2.75) is 0 Å². The first-order valence-corrected chi connectivity index (χ1v) is 18.6. The highest BCUT2D eigenvalue weighted by molar-refractivity contribution is 7.25. The lowest BCUT2D eigenvalue weighted by atomic mass is 9.91. The molecule has 0 radical (unpaired) electrons. The molecule has 0 bridgehead atoms. The second-order valence-corrected chi connectivity index (χ2v) is 14.3. The Bertz CT molecular complexity index is 2940. The molecule has 0 saturated heterocycles. The summed E-state index contributed by atoms with van der Waals surface area (Å²) in [6.45, 7) is 0. The third kappa shape index (κ3) is 5.76. The van der Waals surface area contributed by atoms with Gasteiger partial charge in [-0.05, 0) is 98.8 Å². The normalized spacial score (nSPS) is 11.4. The molecular weight excluding hydrogens is 663 g/mol. The molecule has 4 heteroatoms. The maximum absolute atomic E-state index is 5.30. The van der Waals surface area contributed by atoms with Gasteiger partial charge < -0.3 is 0 Å². The predicted octanol–water partition coefficient (Wildman–Crippen LogP) is 13.4. The van der Waals surface area contributed by atoms with Crippen molar-refractivity contribution in [1.82, 2.24) is 15.0 Å². The van der Waals surface area contributed by atoms with Gasteiger partial charge in [-0.15, -0.1) is 11.3 Å². The number of thiophene rings is 1. The van der Waals surface area contributed by atoms with Gasteiger partial charge in [0.1, 0.15) is 0 Å². The van der Waals surface area contributed by atoms with Crippen molar-refractivity contribution in [1.29, 1.82) is 0 Å². The molecule has 3 heterocycles. The lowest BCUT2D eigenvalue weighted by Crippen LogP contribution is -1.97. The minimum atomic E-state index is 0.686. The van der Waals surface area contributed by atoms with Gasteiger partial charge in [0, 0.05) is 49.3 Å². The highest BCUT2D eigenvalue weighted by Gasteiger charge is 2.17. The zero-order valence-corrected chi connectivity index (χ0v) is 29.5. The Morgan fingerprint density at radius 1 is 0.340 bits per heavy atom. The van der Waals surface area contributed by atoms with E-state index < -0.39 is 0 Å². The molecule has 0 unspecified atom stereocenters. The molecule has 248 valence electrons. The van der Waals surface area contributed by atoms with Crippen LogP contribution in [0.2, 0.25) is 0 Å². The van der Waals surface area contributed by atoms with Crippen molar-refractivity contribution in [2.24, 2.45) is 0 Å². The van der Waals surface area contributed by atoms with Crippen LogP contribution >= 0.6 is 11.3 Å². The Morgan fingerprint density at radius 3 is 1.89 bits per heavy atom. The number of aromatic nitrogens is 3. The van der Waals surface area contributed by atoms with E-state index in [4.69, 9.17) is 9.97 Å². The van der Waals surface area contributed by atoms with Crippen LogP contribution in [0.25, 0.3) is 98.2 Å². The Kier molecular flexibility index (Phi) is 7.67. The van der Waals surface area contributed by atoms with E-state index in [9.17, 15) is 0 Å². The first kappa shape index (κ1) is 31.0. The van der Waals surface area contributed by atoms with Crippen molar-refractivity contribution in [3.8, 4) is 67.3 Å². The van der Waals surface area contributed by atoms with Crippen LogP contribution in [0.4, 0.5) is 0 Å². The van der Waals surface area contributed by atoms with Gasteiger partial charge in [0.2, 0.25) is 0 Å². The van der Waals surface area contributed by atoms with Crippen LogP contribution in [0.1, 0.15) is 0 Å². The zero-order valence-electron chi connectivity index (χ0n) is 28.6. The number of pyridine rings is 1. The SMILES string of the molecule is c1ccc(-c2nc(-c3cc(-c4ccc5sc6ccccc6c5c4)cc(-c4cccc5ccccc45)c3)cc(-c3ccccc3-c3ccncc3)n2)cc1. The summed E-state index contributed by atoms with van der Waals surface area (Å²) in [4.78, 5) is 14.8. The van der Waals surface area contributed by atoms with Crippen LogP contribution < -0.4 is 0 Å². The van der Waals surface area contributed by atoms with Gasteiger partial charge in [0.15, 0.2) is 5.82 Å². The maximum Gasteiger partial charge on any atom is 0.160 e. The van der Waals surface area contributed by atoms with Crippen molar-refractivity contribution < 1.29 is 0 Å². The average Bonchev–Trinajstić information content (AvgIpc) is 3.62. The monoisotopic (exact) mass is 693 g/mol. The van der Waals surface area contributed by atoms with E-state index in [-0.39, 0.29) is 0 Å². The Balaban J connectivity index is 1.23. The molecule has 3 aromatic heterocycles. The number of hydrogen-bond acceptors (Lipinski definition) is 4. The third-order valence-corrected chi connectivity index (χ3v) is 11.1. The van der Waals surface area contributed by atoms with E-state index in [0.717, 1.165) is 50.3 Å². The van der Waals surface area contributed by atoms with Gasteiger partial charge in [-0.2, -0.15) is 0 Å². The summed E-state index contributed by atoms with van der Waals surface area (Å²) in [5.41, 5.74) is 11.6. The maximum atomic E-state index is 5.30. The number of nitrogens with zero attached hydrogens (tertiary/aromatic N) is 3. The molecule has 0 saturated carbocycles. The largest absolute Gasteiger partial charge is 0.265 e. The van der Waals surface area contributed by atoms with Crippen molar-refractivity contribution in [3.63, 3.8) is 0 Å². The first-order valence-electron chi connectivity index (χ1n) is 17.7. The molecule has 10 aromatic rings. The molecule has 0 amide bonds. The fourth-order valence-corrected chi connectivity index (χ4v) is 8.51. The summed E-state index contributed by atoms with van der Waals surface area (Å²) < 4.78 is 2.60. The van der Waals surface area contributed by atoms with Crippen LogP contribution in [-0.4, -0.2) is 15.0 Å². The van der Waals surface area contributed by atoms with Crippen molar-refractivity contribution in [3.05, 3.63) is 188 Å². The Morgan fingerprint density at radius 2 is 1.00 bits per heavy atom. The first-order chi connectivity index (χ1) is 26.2. The fraction of sp³-hybridized carbons (Fsp3) is 0. The molecule has 53 heavy (non-hydrogen) atoms. The second kappa shape index (κ2) is 13.1. The number of benzene rings is 7. The standard InChI is InChI=1S/C49H31N3S/c1-2-12-34(13-3-1)49-51-45(31-46(52-49)42-17-7-6-16-40(42)33-23-25-50-26-24-33)38-28-36(27-37(29-38)41-19-10-14-32-11-4-5-15-39(32)41)35-21-22-48-44(30-35)43-18-8-9-20-47(43)53-48/h1-31H. The van der Waals surface area contributed by atoms with Gasteiger partial charge in [0.25, 0.3) is 0 Å². The van der Waals surface area contributed by atoms with E-state index in [1.165, 1.54) is 42.1 Å². The lowest BCUT2D eigenvalue weighted by Gasteiger charge is -2.15. The van der Waals surface area contributed by atoms with Gasteiger partial charge >= 0.3 is 0 Å². The third-order valence-electron chi connectivity index (χ3n) is 9.99. The molecule has 0 spiro atoms. The van der Waals surface area contributed by atoms with Crippen LogP contribution in [-0.2, 0) is 0 Å². The van der Waals surface area contributed by atoms with Gasteiger partial charge in [-0.1, -0.05) is 121 Å². The van der Waals surface area contributed by atoms with Gasteiger partial charge in [-0.25, -0.2) is 9.97 Å². The minimum absolute atomic E-state index is 0.686. The second-order valence-electron chi connectivity index (χ2n) is 13.2. The van der Waals surface area contributed by atoms with Crippen LogP contribution in [0.15, 0.2) is 188 Å². The smallest absolute Gasteiger partial charge is 0.160 e. The molecule has 3 nitrogen and oxygen atoms in total. The van der Waals surface area contributed by atoms with Crippen LogP contribution in [0.5, 0.6) is 0 Å². The summed E-state index contributed by atoms with van der Waals surface area (Å²) in [6, 6.07) is 62.6. The minimum Gasteiger partial charge on any atom is -0.265 e. The molecule has 0 N–H and O–H groups in total. The highest BCUT2D eigenvalue weighted by atomic mass is 32.1. The molecule has 0 fully saturated rings. The highest BCUT2D eigenvalue weighted by Crippen LogP contribution is 2.41. The average molecular weight is 694 g/mol. The Labute approximate surface area is 311 Å². The molecule has 0 aliphatic rings. The number of rotatable bonds is 6. The molecular formula is C49H31N3S. The summed E-state index contributed by atoms with van der Waals surface area (Å²) in [7, 11) is 0. The van der Waals surface area contributed by atoms with E-state index in [0.29, 0.717) is 5.82 Å². The lowest BCUT2D eigenvalue weighted by molar-refractivity contribution is 1.18. The summed E-state index contributed by atoms with van der Waals surface area (Å²) >= 11 is 1.85. The number of hydrogen-bond donors (Lipinski definition) is 0. The fourth-order valence-electron chi connectivity index (χ4n) is 7.42. The summed E-state index contributed by atoms with van der Waals surface area (Å²) in [5.74, 6) is 0.686. The number of fused-ring (bicyclic) bond motifs is 4. The van der Waals surface area contributed by atoms with Crippen LogP contribution in [0.3, 0.4) is 0 Å². The quantitative estimate of drug-likeness (QED) is 0.174. The molecule has 0 aliphatic carbocycles. The van der Waals surface area contributed by atoms with Crippen molar-refractivity contribution in [2.75, 3.05) is 0 Å². The molecule has 0 atom stereocenters. The molecule has 10 rings (SSSR count). The van der Waals surface area contributed by atoms with Gasteiger partial charge in [-0.3, -0.25) is 4.98 Å². The van der Waals surface area contributed by atoms with E-state index in [1.807, 2.05) is 54.1 Å². The van der Waals surface area contributed by atoms with Crippen molar-refractivity contribution >= 4 is 42.3 Å². The molecule has 0 aliphatic heterocycles. The van der Waals surface area contributed by atoms with E-state index in [2.05, 4.69) is 151 Å². The summed E-state index contributed by atoms with van der Waals surface area (Å²) in [6.07, 6.45) is 3.67. The summed E-state index contributed by atoms with van der Waals surface area (Å²) in [5, 5.41) is 5.01. The van der Waals surface area contributed by atoms with E-state index in [1.54, 1.807) is 0 Å². The predicted molar refractivity (Wildman–Crippen MR) is 223 cm³/mol. The van der Waals surface area contributed by atoms with Crippen LogP contribution in [0, 0.1) is 0 Å². The zero-order chi connectivity index (χ0) is 35.1.